The molecule has 124 valence electrons. The van der Waals surface area contributed by atoms with Crippen LogP contribution in [0.1, 0.15) is 21.5 Å². The van der Waals surface area contributed by atoms with E-state index in [-0.39, 0.29) is 17.3 Å². The van der Waals surface area contributed by atoms with Gasteiger partial charge in [-0.15, -0.1) is 6.42 Å². The van der Waals surface area contributed by atoms with Gasteiger partial charge in [-0.25, -0.2) is 8.42 Å². The number of carbonyl (C=O) groups is 1. The Morgan fingerprint density at radius 2 is 1.67 bits per heavy atom. The SMILES string of the molecule is C#CCNS(=O)(=O)c1ccc(C(=O)Nc2cc(C)cc(C)c2)cc1. The Hall–Kier alpha value is -2.62. The van der Waals surface area contributed by atoms with Crippen LogP contribution in [0.3, 0.4) is 0 Å². The van der Waals surface area contributed by atoms with Crippen molar-refractivity contribution in [1.82, 2.24) is 4.72 Å². The molecule has 0 aromatic heterocycles. The molecule has 2 aromatic rings. The first kappa shape index (κ1) is 17.7. The van der Waals surface area contributed by atoms with Crippen molar-refractivity contribution < 1.29 is 13.2 Å². The second kappa shape index (κ2) is 7.30. The largest absolute Gasteiger partial charge is 0.322 e. The van der Waals surface area contributed by atoms with Gasteiger partial charge in [-0.05, 0) is 61.4 Å². The number of terminal acetylenes is 1. The zero-order chi connectivity index (χ0) is 17.7. The van der Waals surface area contributed by atoms with Crippen LogP contribution in [0, 0.1) is 26.2 Å². The lowest BCUT2D eigenvalue weighted by atomic mass is 10.1. The molecule has 0 bridgehead atoms. The number of aryl methyl sites for hydroxylation is 2. The first-order valence-corrected chi connectivity index (χ1v) is 8.73. The molecule has 2 rings (SSSR count). The van der Waals surface area contributed by atoms with Crippen LogP contribution in [0.25, 0.3) is 0 Å². The molecule has 2 N–H and O–H groups in total. The van der Waals surface area contributed by atoms with E-state index in [1.165, 1.54) is 24.3 Å². The van der Waals surface area contributed by atoms with E-state index in [0.29, 0.717) is 11.3 Å². The number of anilines is 1. The van der Waals surface area contributed by atoms with Gasteiger partial charge in [0.15, 0.2) is 0 Å². The Morgan fingerprint density at radius 1 is 1.08 bits per heavy atom. The highest BCUT2D eigenvalue weighted by Gasteiger charge is 2.14. The first-order valence-electron chi connectivity index (χ1n) is 7.24. The molecule has 0 saturated heterocycles. The number of rotatable bonds is 5. The lowest BCUT2D eigenvalue weighted by Gasteiger charge is -2.09. The van der Waals surface area contributed by atoms with Gasteiger partial charge in [0.2, 0.25) is 10.0 Å². The number of amides is 1. The van der Waals surface area contributed by atoms with E-state index in [0.717, 1.165) is 11.1 Å². The lowest BCUT2D eigenvalue weighted by Crippen LogP contribution is -2.24. The van der Waals surface area contributed by atoms with Gasteiger partial charge in [0.1, 0.15) is 0 Å². The molecular formula is C18H18N2O3S. The van der Waals surface area contributed by atoms with E-state index in [2.05, 4.69) is 16.0 Å². The minimum absolute atomic E-state index is 0.0562. The van der Waals surface area contributed by atoms with Gasteiger partial charge >= 0.3 is 0 Å². The molecule has 0 unspecified atom stereocenters. The Balaban J connectivity index is 2.15. The minimum atomic E-state index is -3.66. The number of hydrogen-bond acceptors (Lipinski definition) is 3. The number of nitrogens with one attached hydrogen (secondary N) is 2. The second-order valence-corrected chi connectivity index (χ2v) is 7.15. The molecule has 0 aliphatic heterocycles. The predicted molar refractivity (Wildman–Crippen MR) is 94.3 cm³/mol. The van der Waals surface area contributed by atoms with Crippen molar-refractivity contribution in [2.45, 2.75) is 18.7 Å². The van der Waals surface area contributed by atoms with Gasteiger partial charge in [-0.1, -0.05) is 12.0 Å². The molecular weight excluding hydrogens is 324 g/mol. The van der Waals surface area contributed by atoms with E-state index >= 15 is 0 Å². The second-order valence-electron chi connectivity index (χ2n) is 5.38. The van der Waals surface area contributed by atoms with Crippen LogP contribution < -0.4 is 10.0 Å². The van der Waals surface area contributed by atoms with Crippen molar-refractivity contribution in [2.24, 2.45) is 0 Å². The molecule has 0 aliphatic rings. The Labute approximate surface area is 142 Å². The molecule has 24 heavy (non-hydrogen) atoms. The van der Waals surface area contributed by atoms with Crippen LogP contribution in [0.15, 0.2) is 47.4 Å². The number of sulfonamides is 1. The smallest absolute Gasteiger partial charge is 0.255 e. The normalized spacial score (nSPS) is 10.9. The average Bonchev–Trinajstić information content (AvgIpc) is 2.52. The molecule has 0 saturated carbocycles. The van der Waals surface area contributed by atoms with E-state index in [1.807, 2.05) is 32.0 Å². The minimum Gasteiger partial charge on any atom is -0.322 e. The summed E-state index contributed by atoms with van der Waals surface area (Å²) in [4.78, 5) is 12.3. The van der Waals surface area contributed by atoms with Crippen molar-refractivity contribution in [3.8, 4) is 12.3 Å². The summed E-state index contributed by atoms with van der Waals surface area (Å²) in [7, 11) is -3.66. The summed E-state index contributed by atoms with van der Waals surface area (Å²) in [5.74, 6) is 1.90. The molecule has 5 nitrogen and oxygen atoms in total. The fraction of sp³-hybridized carbons (Fsp3) is 0.167. The topological polar surface area (TPSA) is 75.3 Å². The van der Waals surface area contributed by atoms with Crippen molar-refractivity contribution >= 4 is 21.6 Å². The van der Waals surface area contributed by atoms with Gasteiger partial charge in [0.25, 0.3) is 5.91 Å². The zero-order valence-corrected chi connectivity index (χ0v) is 14.3. The van der Waals surface area contributed by atoms with Gasteiger partial charge in [-0.2, -0.15) is 4.72 Å². The Kier molecular flexibility index (Phi) is 5.39. The number of hydrogen-bond donors (Lipinski definition) is 2. The third kappa shape index (κ3) is 4.44. The van der Waals surface area contributed by atoms with Crippen molar-refractivity contribution in [3.63, 3.8) is 0 Å². The summed E-state index contributed by atoms with van der Waals surface area (Å²) in [5, 5.41) is 2.80. The maximum atomic E-state index is 12.3. The van der Waals surface area contributed by atoms with E-state index in [9.17, 15) is 13.2 Å². The molecule has 6 heteroatoms. The Morgan fingerprint density at radius 3 is 2.21 bits per heavy atom. The molecule has 0 spiro atoms. The van der Waals surface area contributed by atoms with Gasteiger partial charge in [-0.3, -0.25) is 4.79 Å². The zero-order valence-electron chi connectivity index (χ0n) is 13.5. The van der Waals surface area contributed by atoms with Crippen LogP contribution in [0.4, 0.5) is 5.69 Å². The predicted octanol–water partition coefficient (Wildman–Crippen LogP) is 2.47. The van der Waals surface area contributed by atoms with Gasteiger partial charge in [0.05, 0.1) is 11.4 Å². The van der Waals surface area contributed by atoms with Crippen LogP contribution in [0.2, 0.25) is 0 Å². The molecule has 0 aliphatic carbocycles. The summed E-state index contributed by atoms with van der Waals surface area (Å²) >= 11 is 0. The third-order valence-corrected chi connectivity index (χ3v) is 4.69. The fourth-order valence-corrected chi connectivity index (χ4v) is 3.19. The van der Waals surface area contributed by atoms with Crippen LogP contribution in [-0.4, -0.2) is 20.9 Å². The van der Waals surface area contributed by atoms with Crippen LogP contribution in [0.5, 0.6) is 0 Å². The van der Waals surface area contributed by atoms with E-state index in [1.54, 1.807) is 0 Å². The lowest BCUT2D eigenvalue weighted by molar-refractivity contribution is 0.102. The maximum absolute atomic E-state index is 12.3. The van der Waals surface area contributed by atoms with Crippen LogP contribution in [-0.2, 0) is 10.0 Å². The molecule has 0 atom stereocenters. The molecule has 1 amide bonds. The molecule has 0 fully saturated rings. The number of carbonyl (C=O) groups excluding carboxylic acids is 1. The van der Waals surface area contributed by atoms with E-state index in [4.69, 9.17) is 6.42 Å². The van der Waals surface area contributed by atoms with Gasteiger partial charge < -0.3 is 5.32 Å². The highest BCUT2D eigenvalue weighted by atomic mass is 32.2. The fourth-order valence-electron chi connectivity index (χ4n) is 2.26. The molecule has 2 aromatic carbocycles. The monoisotopic (exact) mass is 342 g/mol. The number of benzene rings is 2. The van der Waals surface area contributed by atoms with Crippen LogP contribution >= 0.6 is 0 Å². The summed E-state index contributed by atoms with van der Waals surface area (Å²) in [6.45, 7) is 3.81. The summed E-state index contributed by atoms with van der Waals surface area (Å²) < 4.78 is 26.1. The highest BCUT2D eigenvalue weighted by molar-refractivity contribution is 7.89. The molecule has 0 heterocycles. The van der Waals surface area contributed by atoms with Crippen molar-refractivity contribution in [2.75, 3.05) is 11.9 Å². The third-order valence-electron chi connectivity index (χ3n) is 3.27. The van der Waals surface area contributed by atoms with Gasteiger partial charge in [0, 0.05) is 11.3 Å². The van der Waals surface area contributed by atoms with Crippen molar-refractivity contribution in [1.29, 1.82) is 0 Å². The summed E-state index contributed by atoms with van der Waals surface area (Å²) in [6.07, 6.45) is 5.04. The summed E-state index contributed by atoms with van der Waals surface area (Å²) in [6, 6.07) is 11.4. The van der Waals surface area contributed by atoms with E-state index < -0.39 is 10.0 Å². The highest BCUT2D eigenvalue weighted by Crippen LogP contribution is 2.16. The van der Waals surface area contributed by atoms with Crippen molar-refractivity contribution in [3.05, 3.63) is 59.2 Å². The maximum Gasteiger partial charge on any atom is 0.255 e. The molecule has 0 radical (unpaired) electrons. The average molecular weight is 342 g/mol. The first-order chi connectivity index (χ1) is 11.3. The quantitative estimate of drug-likeness (QED) is 0.820. The summed E-state index contributed by atoms with van der Waals surface area (Å²) in [5.41, 5.74) is 3.16. The Bertz CT molecular complexity index is 875. The standard InChI is InChI=1S/C18H18N2O3S/c1-4-9-19-24(22,23)17-7-5-15(6-8-17)18(21)20-16-11-13(2)10-14(3)12-16/h1,5-8,10-12,19H,9H2,2-3H3,(H,20,21).